The first-order chi connectivity index (χ1) is 11.6. The highest BCUT2D eigenvalue weighted by Gasteiger charge is 2.26. The van der Waals surface area contributed by atoms with Gasteiger partial charge in [-0.1, -0.05) is 26.2 Å². The minimum atomic E-state index is -0.268. The van der Waals surface area contributed by atoms with E-state index in [1.54, 1.807) is 11.3 Å². The largest absolute Gasteiger partial charge is 0.465 e. The van der Waals surface area contributed by atoms with E-state index in [0.717, 1.165) is 36.2 Å². The maximum Gasteiger partial charge on any atom is 0.341 e. The fraction of sp³-hybridized carbons (Fsp3) is 0.667. The Morgan fingerprint density at radius 3 is 2.79 bits per heavy atom. The van der Waals surface area contributed by atoms with Gasteiger partial charge in [0.05, 0.1) is 12.7 Å². The van der Waals surface area contributed by atoms with Crippen molar-refractivity contribution in [3.8, 4) is 0 Å². The molecule has 1 atom stereocenters. The summed E-state index contributed by atoms with van der Waals surface area (Å²) < 4.78 is 4.99. The number of ether oxygens (including phenoxy) is 1. The molecule has 0 aliphatic heterocycles. The zero-order valence-corrected chi connectivity index (χ0v) is 16.5. The van der Waals surface area contributed by atoms with Crippen LogP contribution in [-0.2, 0) is 17.6 Å². The second kappa shape index (κ2) is 9.37. The van der Waals surface area contributed by atoms with E-state index < -0.39 is 0 Å². The van der Waals surface area contributed by atoms with Crippen LogP contribution in [0.15, 0.2) is 0 Å². The first-order valence-electron chi connectivity index (χ1n) is 8.87. The Labute approximate surface area is 154 Å². The van der Waals surface area contributed by atoms with Gasteiger partial charge in [-0.2, -0.15) is 0 Å². The number of rotatable bonds is 7. The van der Waals surface area contributed by atoms with E-state index in [0.29, 0.717) is 16.7 Å². The number of esters is 1. The average molecular weight is 369 g/mol. The zero-order valence-electron chi connectivity index (χ0n) is 14.9. The summed E-state index contributed by atoms with van der Waals surface area (Å²) in [6.07, 6.45) is 9.07. The van der Waals surface area contributed by atoms with E-state index in [9.17, 15) is 4.79 Å². The third kappa shape index (κ3) is 4.93. The van der Waals surface area contributed by atoms with Crippen molar-refractivity contribution in [3.63, 3.8) is 0 Å². The fourth-order valence-electron chi connectivity index (χ4n) is 3.11. The number of thiophene rings is 1. The fourth-order valence-corrected chi connectivity index (χ4v) is 4.76. The van der Waals surface area contributed by atoms with E-state index in [1.807, 2.05) is 0 Å². The smallest absolute Gasteiger partial charge is 0.341 e. The molecule has 0 spiro atoms. The van der Waals surface area contributed by atoms with Crippen molar-refractivity contribution >= 4 is 39.6 Å². The van der Waals surface area contributed by atoms with E-state index in [-0.39, 0.29) is 5.97 Å². The number of carbonyl (C=O) groups is 1. The maximum atomic E-state index is 12.2. The highest BCUT2D eigenvalue weighted by Crippen LogP contribution is 2.38. The molecule has 4 nitrogen and oxygen atoms in total. The van der Waals surface area contributed by atoms with E-state index >= 15 is 0 Å². The van der Waals surface area contributed by atoms with Gasteiger partial charge < -0.3 is 15.4 Å². The van der Waals surface area contributed by atoms with Gasteiger partial charge in [-0.3, -0.25) is 0 Å². The summed E-state index contributed by atoms with van der Waals surface area (Å²) in [4.78, 5) is 13.5. The highest BCUT2D eigenvalue weighted by atomic mass is 32.1. The van der Waals surface area contributed by atoms with Crippen molar-refractivity contribution in [1.82, 2.24) is 5.32 Å². The summed E-state index contributed by atoms with van der Waals surface area (Å²) in [6, 6.07) is 0.327. The van der Waals surface area contributed by atoms with Gasteiger partial charge in [-0.25, -0.2) is 4.79 Å². The van der Waals surface area contributed by atoms with Gasteiger partial charge in [0.25, 0.3) is 0 Å². The van der Waals surface area contributed by atoms with Crippen LogP contribution in [0.4, 0.5) is 5.00 Å². The third-order valence-corrected chi connectivity index (χ3v) is 5.83. The molecule has 0 fully saturated rings. The second-order valence-corrected chi connectivity index (χ2v) is 7.92. The van der Waals surface area contributed by atoms with Crippen molar-refractivity contribution in [2.24, 2.45) is 0 Å². The van der Waals surface area contributed by atoms with E-state index in [1.165, 1.54) is 37.7 Å². The third-order valence-electron chi connectivity index (χ3n) is 4.41. The lowest BCUT2D eigenvalue weighted by Crippen LogP contribution is -2.36. The van der Waals surface area contributed by atoms with Gasteiger partial charge in [0.15, 0.2) is 5.11 Å². The molecule has 1 unspecified atom stereocenters. The molecule has 6 heteroatoms. The standard InChI is InChI=1S/C18H28N2O2S2/c1-4-5-6-9-12(2)19-18(23)20-16-15(17(21)22-3)13-10-7-8-11-14(13)24-16/h12H,4-11H2,1-3H3,(H2,19,20,23). The van der Waals surface area contributed by atoms with Gasteiger partial charge >= 0.3 is 5.97 Å². The van der Waals surface area contributed by atoms with Gasteiger partial charge in [0, 0.05) is 10.9 Å². The summed E-state index contributed by atoms with van der Waals surface area (Å²) in [5.41, 5.74) is 1.83. The van der Waals surface area contributed by atoms with Crippen LogP contribution in [0.3, 0.4) is 0 Å². The van der Waals surface area contributed by atoms with Crippen molar-refractivity contribution in [2.45, 2.75) is 71.3 Å². The number of aryl methyl sites for hydroxylation is 1. The molecule has 0 amide bonds. The molecule has 1 aliphatic carbocycles. The number of carbonyl (C=O) groups excluding carboxylic acids is 1. The molecular formula is C18H28N2O2S2. The lowest BCUT2D eigenvalue weighted by atomic mass is 9.95. The van der Waals surface area contributed by atoms with E-state index in [4.69, 9.17) is 17.0 Å². The molecule has 1 aromatic rings. The number of unbranched alkanes of at least 4 members (excludes halogenated alkanes) is 2. The van der Waals surface area contributed by atoms with Gasteiger partial charge in [0.2, 0.25) is 0 Å². The number of methoxy groups -OCH3 is 1. The van der Waals surface area contributed by atoms with Crippen molar-refractivity contribution in [2.75, 3.05) is 12.4 Å². The molecular weight excluding hydrogens is 340 g/mol. The van der Waals surface area contributed by atoms with Gasteiger partial charge in [-0.05, 0) is 56.8 Å². The number of nitrogens with one attached hydrogen (secondary N) is 2. The average Bonchev–Trinajstić information content (AvgIpc) is 2.91. The SMILES string of the molecule is CCCCCC(C)NC(=S)Nc1sc2c(c1C(=O)OC)CCCC2. The topological polar surface area (TPSA) is 50.4 Å². The summed E-state index contributed by atoms with van der Waals surface area (Å²) in [5.74, 6) is -0.268. The Morgan fingerprint density at radius 1 is 1.33 bits per heavy atom. The number of fused-ring (bicyclic) bond motifs is 1. The van der Waals surface area contributed by atoms with Crippen LogP contribution in [0.25, 0.3) is 0 Å². The number of anilines is 1. The molecule has 1 aliphatic rings. The number of thiocarbonyl (C=S) groups is 1. The van der Waals surface area contributed by atoms with Crippen molar-refractivity contribution in [1.29, 1.82) is 0 Å². The maximum absolute atomic E-state index is 12.2. The highest BCUT2D eigenvalue weighted by molar-refractivity contribution is 7.80. The molecule has 0 saturated carbocycles. The Balaban J connectivity index is 2.04. The van der Waals surface area contributed by atoms with Gasteiger partial charge in [0.1, 0.15) is 5.00 Å². The van der Waals surface area contributed by atoms with Crippen LogP contribution in [0.5, 0.6) is 0 Å². The van der Waals surface area contributed by atoms with Crippen molar-refractivity contribution in [3.05, 3.63) is 16.0 Å². The predicted octanol–water partition coefficient (Wildman–Crippen LogP) is 4.67. The molecule has 1 heterocycles. The van der Waals surface area contributed by atoms with Crippen LogP contribution in [0.1, 0.15) is 73.2 Å². The van der Waals surface area contributed by atoms with Gasteiger partial charge in [-0.15, -0.1) is 11.3 Å². The molecule has 134 valence electrons. The molecule has 2 rings (SSSR count). The van der Waals surface area contributed by atoms with Crippen LogP contribution in [-0.4, -0.2) is 24.2 Å². The van der Waals surface area contributed by atoms with E-state index in [2.05, 4.69) is 24.5 Å². The van der Waals surface area contributed by atoms with Crippen molar-refractivity contribution < 1.29 is 9.53 Å². The summed E-state index contributed by atoms with van der Waals surface area (Å²) in [6.45, 7) is 4.35. The Kier molecular flexibility index (Phi) is 7.49. The minimum absolute atomic E-state index is 0.268. The van der Waals surface area contributed by atoms with Crippen LogP contribution >= 0.6 is 23.6 Å². The first-order valence-corrected chi connectivity index (χ1v) is 10.1. The number of hydrogen-bond acceptors (Lipinski definition) is 4. The summed E-state index contributed by atoms with van der Waals surface area (Å²) >= 11 is 7.09. The molecule has 0 aromatic carbocycles. The minimum Gasteiger partial charge on any atom is -0.465 e. The lowest BCUT2D eigenvalue weighted by Gasteiger charge is -2.17. The Morgan fingerprint density at radius 2 is 2.08 bits per heavy atom. The Hall–Kier alpha value is -1.14. The predicted molar refractivity (Wildman–Crippen MR) is 105 cm³/mol. The first kappa shape index (κ1) is 19.2. The van der Waals surface area contributed by atoms with Crippen LogP contribution < -0.4 is 10.6 Å². The quantitative estimate of drug-likeness (QED) is 0.416. The molecule has 0 saturated heterocycles. The molecule has 0 bridgehead atoms. The molecule has 1 aromatic heterocycles. The van der Waals surface area contributed by atoms with Crippen LogP contribution in [0.2, 0.25) is 0 Å². The molecule has 24 heavy (non-hydrogen) atoms. The normalized spacial score (nSPS) is 14.6. The zero-order chi connectivity index (χ0) is 17.5. The number of hydrogen-bond donors (Lipinski definition) is 2. The molecule has 2 N–H and O–H groups in total. The summed E-state index contributed by atoms with van der Waals surface area (Å²) in [7, 11) is 1.44. The summed E-state index contributed by atoms with van der Waals surface area (Å²) in [5, 5.41) is 7.98. The molecule has 0 radical (unpaired) electrons. The monoisotopic (exact) mass is 368 g/mol. The van der Waals surface area contributed by atoms with Crippen LogP contribution in [0, 0.1) is 0 Å². The Bertz CT molecular complexity index is 584. The lowest BCUT2D eigenvalue weighted by molar-refractivity contribution is 0.0601. The second-order valence-electron chi connectivity index (χ2n) is 6.40.